The van der Waals surface area contributed by atoms with Crippen LogP contribution in [-0.4, -0.2) is 18.1 Å². The van der Waals surface area contributed by atoms with Gasteiger partial charge in [-0.25, -0.2) is 0 Å². The molecule has 0 aromatic heterocycles. The molecule has 19 heavy (non-hydrogen) atoms. The van der Waals surface area contributed by atoms with Crippen molar-refractivity contribution in [2.45, 2.75) is 39.5 Å². The van der Waals surface area contributed by atoms with Crippen LogP contribution in [0.5, 0.6) is 0 Å². The highest BCUT2D eigenvalue weighted by Gasteiger charge is 2.21. The molecule has 0 heterocycles. The van der Waals surface area contributed by atoms with Gasteiger partial charge in [-0.1, -0.05) is 6.92 Å². The van der Waals surface area contributed by atoms with Crippen molar-refractivity contribution in [2.75, 3.05) is 6.61 Å². The largest absolute Gasteiger partial charge is 0.498 e. The standard InChI is InChI=1S/C13H19FN2O2S/c1-3-5-12(17)13(15)10-7-6-9(18-4-2)8-11(10)16-19-14/h8H,3-7,15H2,1-2H3/b13-10-,16-11+. The Morgan fingerprint density at radius 2 is 2.26 bits per heavy atom. The Bertz CT molecular complexity index is 430. The molecule has 0 unspecified atom stereocenters. The fourth-order valence-corrected chi connectivity index (χ4v) is 2.15. The van der Waals surface area contributed by atoms with Crippen LogP contribution >= 0.6 is 12.3 Å². The summed E-state index contributed by atoms with van der Waals surface area (Å²) in [5.41, 5.74) is 7.07. The van der Waals surface area contributed by atoms with E-state index in [0.29, 0.717) is 37.2 Å². The molecule has 0 spiro atoms. The number of carbonyl (C=O) groups excluding carboxylic acids is 1. The van der Waals surface area contributed by atoms with Crippen molar-refractivity contribution in [3.8, 4) is 0 Å². The number of halogens is 1. The van der Waals surface area contributed by atoms with Crippen LogP contribution in [0.2, 0.25) is 0 Å². The minimum Gasteiger partial charge on any atom is -0.498 e. The third-order valence-corrected chi connectivity index (χ3v) is 3.06. The van der Waals surface area contributed by atoms with Crippen molar-refractivity contribution < 1.29 is 13.4 Å². The van der Waals surface area contributed by atoms with E-state index in [1.807, 2.05) is 13.8 Å². The number of nitrogens with zero attached hydrogens (tertiary/aromatic N) is 1. The number of hydrogen-bond donors (Lipinski definition) is 1. The predicted molar refractivity (Wildman–Crippen MR) is 76.2 cm³/mol. The van der Waals surface area contributed by atoms with Gasteiger partial charge in [-0.15, -0.1) is 3.89 Å². The maximum Gasteiger partial charge on any atom is 0.187 e. The van der Waals surface area contributed by atoms with Gasteiger partial charge in [0.15, 0.2) is 18.1 Å². The summed E-state index contributed by atoms with van der Waals surface area (Å²) in [6.45, 7) is 4.34. The lowest BCUT2D eigenvalue weighted by atomic mass is 9.94. The topological polar surface area (TPSA) is 64.7 Å². The monoisotopic (exact) mass is 286 g/mol. The fraction of sp³-hybridized carbons (Fsp3) is 0.538. The van der Waals surface area contributed by atoms with E-state index >= 15 is 0 Å². The number of rotatable bonds is 6. The lowest BCUT2D eigenvalue weighted by Gasteiger charge is -2.19. The summed E-state index contributed by atoms with van der Waals surface area (Å²) in [6, 6.07) is 0. The highest BCUT2D eigenvalue weighted by atomic mass is 32.2. The normalized spacial score (nSPS) is 20.2. The Morgan fingerprint density at radius 3 is 2.84 bits per heavy atom. The molecule has 1 aliphatic carbocycles. The summed E-state index contributed by atoms with van der Waals surface area (Å²) in [5, 5.41) is 0. The number of hydrogen-bond acceptors (Lipinski definition) is 5. The molecule has 0 saturated carbocycles. The summed E-state index contributed by atoms with van der Waals surface area (Å²) < 4.78 is 21.5. The number of carbonyl (C=O) groups is 1. The van der Waals surface area contributed by atoms with E-state index in [1.165, 1.54) is 0 Å². The van der Waals surface area contributed by atoms with Crippen LogP contribution in [0.25, 0.3) is 0 Å². The Morgan fingerprint density at radius 1 is 1.53 bits per heavy atom. The van der Waals surface area contributed by atoms with Gasteiger partial charge < -0.3 is 10.5 Å². The zero-order chi connectivity index (χ0) is 14.3. The Labute approximate surface area is 117 Å². The van der Waals surface area contributed by atoms with Gasteiger partial charge in [-0.05, 0) is 19.8 Å². The van der Waals surface area contributed by atoms with E-state index in [-0.39, 0.29) is 23.8 Å². The summed E-state index contributed by atoms with van der Waals surface area (Å²) >= 11 is -0.139. The van der Waals surface area contributed by atoms with Crippen LogP contribution in [-0.2, 0) is 9.53 Å². The quantitative estimate of drug-likeness (QED) is 0.601. The van der Waals surface area contributed by atoms with Gasteiger partial charge >= 0.3 is 0 Å². The van der Waals surface area contributed by atoms with Crippen LogP contribution in [0.15, 0.2) is 27.5 Å². The van der Waals surface area contributed by atoms with Crippen LogP contribution in [0, 0.1) is 0 Å². The number of ether oxygens (including phenoxy) is 1. The molecule has 0 atom stereocenters. The van der Waals surface area contributed by atoms with Gasteiger partial charge in [0, 0.05) is 24.5 Å². The third-order valence-electron chi connectivity index (χ3n) is 2.79. The molecule has 6 heteroatoms. The Kier molecular flexibility index (Phi) is 6.62. The highest BCUT2D eigenvalue weighted by Crippen LogP contribution is 2.25. The van der Waals surface area contributed by atoms with Crippen LogP contribution in [0.4, 0.5) is 3.89 Å². The summed E-state index contributed by atoms with van der Waals surface area (Å²) in [6.07, 6.45) is 3.98. The number of Topliss-reactive ketones (excluding diaryl/α,β-unsaturated/α-hetero) is 1. The number of allylic oxidation sites excluding steroid dienone is 4. The molecule has 2 N–H and O–H groups in total. The number of ketones is 1. The van der Waals surface area contributed by atoms with E-state index in [1.54, 1.807) is 6.08 Å². The summed E-state index contributed by atoms with van der Waals surface area (Å²) in [7, 11) is 0. The maximum absolute atomic E-state index is 12.4. The summed E-state index contributed by atoms with van der Waals surface area (Å²) in [4.78, 5) is 11.8. The molecule has 1 aliphatic rings. The number of nitrogens with two attached hydrogens (primary N) is 1. The lowest BCUT2D eigenvalue weighted by molar-refractivity contribution is -0.115. The van der Waals surface area contributed by atoms with Gasteiger partial charge in [0.2, 0.25) is 0 Å². The average molecular weight is 286 g/mol. The molecule has 106 valence electrons. The van der Waals surface area contributed by atoms with Crippen molar-refractivity contribution in [3.63, 3.8) is 0 Å². The van der Waals surface area contributed by atoms with Gasteiger partial charge in [0.25, 0.3) is 0 Å². The molecule has 0 aliphatic heterocycles. The fourth-order valence-electron chi connectivity index (χ4n) is 1.91. The minimum absolute atomic E-state index is 0.109. The van der Waals surface area contributed by atoms with Gasteiger partial charge in [0.05, 0.1) is 23.8 Å². The second kappa shape index (κ2) is 7.99. The zero-order valence-electron chi connectivity index (χ0n) is 11.2. The van der Waals surface area contributed by atoms with E-state index in [0.717, 1.165) is 12.2 Å². The second-order valence-corrected chi connectivity index (χ2v) is 4.48. The Hall–Kier alpha value is -1.30. The van der Waals surface area contributed by atoms with Crippen molar-refractivity contribution in [3.05, 3.63) is 23.1 Å². The first-order chi connectivity index (χ1) is 9.13. The maximum atomic E-state index is 12.4. The lowest BCUT2D eigenvalue weighted by Crippen LogP contribution is -2.20. The minimum atomic E-state index is -0.139. The molecule has 0 saturated heterocycles. The third kappa shape index (κ3) is 4.38. The van der Waals surface area contributed by atoms with E-state index in [9.17, 15) is 8.68 Å². The van der Waals surface area contributed by atoms with Gasteiger partial charge in [0.1, 0.15) is 0 Å². The van der Waals surface area contributed by atoms with E-state index in [4.69, 9.17) is 10.5 Å². The molecule has 0 bridgehead atoms. The van der Waals surface area contributed by atoms with Crippen molar-refractivity contribution >= 4 is 23.8 Å². The first-order valence-electron chi connectivity index (χ1n) is 6.35. The molecule has 0 amide bonds. The average Bonchev–Trinajstić information content (AvgIpc) is 2.39. The highest BCUT2D eigenvalue weighted by molar-refractivity contribution is 7.93. The SMILES string of the molecule is CCCC(=O)/C(N)=C1\CCC(OCC)=C\C1=N/SF. The van der Waals surface area contributed by atoms with E-state index < -0.39 is 0 Å². The molecule has 0 aromatic rings. The Balaban J connectivity index is 3.05. The summed E-state index contributed by atoms with van der Waals surface area (Å²) in [5.74, 6) is 0.636. The van der Waals surface area contributed by atoms with Gasteiger partial charge in [-0.3, -0.25) is 4.79 Å². The van der Waals surface area contributed by atoms with Gasteiger partial charge in [-0.2, -0.15) is 4.40 Å². The van der Waals surface area contributed by atoms with Crippen LogP contribution in [0.3, 0.4) is 0 Å². The second-order valence-electron chi connectivity index (χ2n) is 4.15. The molecule has 0 fully saturated rings. The first-order valence-corrected chi connectivity index (χ1v) is 7.02. The molecule has 4 nitrogen and oxygen atoms in total. The van der Waals surface area contributed by atoms with Crippen LogP contribution in [0.1, 0.15) is 39.5 Å². The molecular formula is C13H19FN2O2S. The van der Waals surface area contributed by atoms with Crippen molar-refractivity contribution in [1.82, 2.24) is 0 Å². The van der Waals surface area contributed by atoms with Crippen molar-refractivity contribution in [2.24, 2.45) is 10.1 Å². The predicted octanol–water partition coefficient (Wildman–Crippen LogP) is 3.26. The molecular weight excluding hydrogens is 267 g/mol. The smallest absolute Gasteiger partial charge is 0.187 e. The van der Waals surface area contributed by atoms with Crippen molar-refractivity contribution in [1.29, 1.82) is 0 Å². The molecule has 1 rings (SSSR count). The zero-order valence-corrected chi connectivity index (χ0v) is 12.1. The van der Waals surface area contributed by atoms with E-state index in [2.05, 4.69) is 4.40 Å². The molecule has 0 aromatic carbocycles. The van der Waals surface area contributed by atoms with Crippen LogP contribution < -0.4 is 5.73 Å². The molecule has 0 radical (unpaired) electrons. The first kappa shape index (κ1) is 15.8.